The van der Waals surface area contributed by atoms with E-state index in [0.717, 1.165) is 6.54 Å². The normalized spacial score (nSPS) is 28.2. The van der Waals surface area contributed by atoms with Gasteiger partial charge in [-0.1, -0.05) is 20.3 Å². The molecule has 1 aliphatic rings. The highest BCUT2D eigenvalue weighted by Gasteiger charge is 2.28. The first kappa shape index (κ1) is 10.5. The minimum atomic E-state index is -0.707. The Labute approximate surface area is 79.7 Å². The Kier molecular flexibility index (Phi) is 3.72. The van der Waals surface area contributed by atoms with Crippen molar-refractivity contribution in [3.8, 4) is 0 Å². The number of nitrogens with zero attached hydrogens (tertiary/aromatic N) is 1. The summed E-state index contributed by atoms with van der Waals surface area (Å²) in [5.74, 6) is -0.0414. The lowest BCUT2D eigenvalue weighted by Crippen LogP contribution is -2.40. The fraction of sp³-hybridized carbons (Fsp3) is 0.900. The first-order valence-electron chi connectivity index (χ1n) is 5.11. The Morgan fingerprint density at radius 1 is 1.54 bits per heavy atom. The van der Waals surface area contributed by atoms with Gasteiger partial charge in [0.25, 0.3) is 0 Å². The van der Waals surface area contributed by atoms with Gasteiger partial charge in [-0.15, -0.1) is 0 Å². The second kappa shape index (κ2) is 4.61. The van der Waals surface area contributed by atoms with Crippen LogP contribution in [0.4, 0.5) is 0 Å². The van der Waals surface area contributed by atoms with E-state index < -0.39 is 5.97 Å². The fourth-order valence-corrected chi connectivity index (χ4v) is 2.31. The second-order valence-electron chi connectivity index (χ2n) is 3.93. The molecule has 1 aliphatic carbocycles. The monoisotopic (exact) mass is 185 g/mol. The van der Waals surface area contributed by atoms with Gasteiger partial charge in [0, 0.05) is 6.04 Å². The van der Waals surface area contributed by atoms with E-state index in [2.05, 4.69) is 11.8 Å². The van der Waals surface area contributed by atoms with E-state index in [-0.39, 0.29) is 6.54 Å². The largest absolute Gasteiger partial charge is 0.480 e. The summed E-state index contributed by atoms with van der Waals surface area (Å²) in [6.07, 6.45) is 3.67. The van der Waals surface area contributed by atoms with Crippen molar-refractivity contribution in [3.05, 3.63) is 0 Å². The molecule has 0 aromatic carbocycles. The van der Waals surface area contributed by atoms with E-state index in [1.807, 2.05) is 6.92 Å². The van der Waals surface area contributed by atoms with Gasteiger partial charge >= 0.3 is 5.97 Å². The van der Waals surface area contributed by atoms with Gasteiger partial charge in [-0.25, -0.2) is 0 Å². The smallest absolute Gasteiger partial charge is 0.317 e. The number of hydrogen-bond donors (Lipinski definition) is 1. The van der Waals surface area contributed by atoms with E-state index in [4.69, 9.17) is 5.11 Å². The third-order valence-corrected chi connectivity index (χ3v) is 3.03. The number of carbonyl (C=O) groups is 1. The third-order valence-electron chi connectivity index (χ3n) is 3.03. The molecule has 0 heterocycles. The Morgan fingerprint density at radius 2 is 2.23 bits per heavy atom. The van der Waals surface area contributed by atoms with Crippen LogP contribution in [0.5, 0.6) is 0 Å². The lowest BCUT2D eigenvalue weighted by molar-refractivity contribution is -0.139. The van der Waals surface area contributed by atoms with Crippen LogP contribution in [0.1, 0.15) is 33.1 Å². The molecular formula is C10H19NO2. The highest BCUT2D eigenvalue weighted by Crippen LogP contribution is 2.29. The molecule has 0 spiro atoms. The van der Waals surface area contributed by atoms with E-state index in [9.17, 15) is 4.79 Å². The summed E-state index contributed by atoms with van der Waals surface area (Å²) in [5, 5.41) is 8.72. The van der Waals surface area contributed by atoms with Gasteiger partial charge < -0.3 is 5.11 Å². The summed E-state index contributed by atoms with van der Waals surface area (Å²) in [7, 11) is 0. The predicted molar refractivity (Wildman–Crippen MR) is 51.7 cm³/mol. The minimum absolute atomic E-state index is 0.200. The van der Waals surface area contributed by atoms with Crippen LogP contribution in [0.3, 0.4) is 0 Å². The number of rotatable bonds is 4. The molecule has 2 unspecified atom stereocenters. The van der Waals surface area contributed by atoms with Crippen molar-refractivity contribution in [1.29, 1.82) is 0 Å². The highest BCUT2D eigenvalue weighted by atomic mass is 16.4. The molecule has 0 amide bonds. The van der Waals surface area contributed by atoms with E-state index in [0.29, 0.717) is 12.0 Å². The van der Waals surface area contributed by atoms with Gasteiger partial charge in [-0.05, 0) is 25.3 Å². The van der Waals surface area contributed by atoms with Crippen LogP contribution in [0.15, 0.2) is 0 Å². The van der Waals surface area contributed by atoms with Gasteiger partial charge in [0.2, 0.25) is 0 Å². The van der Waals surface area contributed by atoms with Crippen molar-refractivity contribution in [3.63, 3.8) is 0 Å². The molecule has 0 bridgehead atoms. The zero-order chi connectivity index (χ0) is 9.84. The average Bonchev–Trinajstić information content (AvgIpc) is 2.47. The zero-order valence-electron chi connectivity index (χ0n) is 8.49. The summed E-state index contributed by atoms with van der Waals surface area (Å²) < 4.78 is 0. The lowest BCUT2D eigenvalue weighted by atomic mass is 10.0. The average molecular weight is 185 g/mol. The Balaban J connectivity index is 2.49. The maximum Gasteiger partial charge on any atom is 0.317 e. The molecule has 3 heteroatoms. The van der Waals surface area contributed by atoms with Crippen LogP contribution in [0.2, 0.25) is 0 Å². The van der Waals surface area contributed by atoms with E-state index >= 15 is 0 Å². The van der Waals surface area contributed by atoms with Crippen molar-refractivity contribution in [1.82, 2.24) is 4.90 Å². The molecule has 1 fully saturated rings. The van der Waals surface area contributed by atoms with Gasteiger partial charge in [-0.3, -0.25) is 9.69 Å². The van der Waals surface area contributed by atoms with E-state index in [1.165, 1.54) is 19.3 Å². The maximum atomic E-state index is 10.6. The van der Waals surface area contributed by atoms with Crippen molar-refractivity contribution in [2.75, 3.05) is 13.1 Å². The molecule has 1 N–H and O–H groups in total. The van der Waals surface area contributed by atoms with Crippen LogP contribution in [-0.2, 0) is 4.79 Å². The fourth-order valence-electron chi connectivity index (χ4n) is 2.31. The molecule has 3 nitrogen and oxygen atoms in total. The van der Waals surface area contributed by atoms with Crippen LogP contribution >= 0.6 is 0 Å². The van der Waals surface area contributed by atoms with E-state index in [1.54, 1.807) is 0 Å². The molecule has 0 aromatic rings. The summed E-state index contributed by atoms with van der Waals surface area (Å²) in [5.41, 5.74) is 0. The molecule has 1 saturated carbocycles. The number of hydrogen-bond acceptors (Lipinski definition) is 2. The summed E-state index contributed by atoms with van der Waals surface area (Å²) in [6.45, 7) is 5.31. The van der Waals surface area contributed by atoms with Crippen molar-refractivity contribution >= 4 is 5.97 Å². The van der Waals surface area contributed by atoms with Crippen LogP contribution in [0, 0.1) is 5.92 Å². The topological polar surface area (TPSA) is 40.5 Å². The lowest BCUT2D eigenvalue weighted by Gasteiger charge is -2.28. The first-order chi connectivity index (χ1) is 6.15. The Hall–Kier alpha value is -0.570. The van der Waals surface area contributed by atoms with Crippen LogP contribution < -0.4 is 0 Å². The predicted octanol–water partition coefficient (Wildman–Crippen LogP) is 1.58. The van der Waals surface area contributed by atoms with Crippen molar-refractivity contribution < 1.29 is 9.90 Å². The Bertz CT molecular complexity index is 182. The molecule has 0 radical (unpaired) electrons. The molecular weight excluding hydrogens is 166 g/mol. The SMILES string of the molecule is CCN(CC(=O)O)C1CCCC1C. The minimum Gasteiger partial charge on any atom is -0.480 e. The number of carboxylic acid groups (broad SMARTS) is 1. The Morgan fingerprint density at radius 3 is 2.62 bits per heavy atom. The second-order valence-corrected chi connectivity index (χ2v) is 3.93. The van der Waals surface area contributed by atoms with Crippen molar-refractivity contribution in [2.45, 2.75) is 39.2 Å². The third kappa shape index (κ3) is 2.69. The van der Waals surface area contributed by atoms with Gasteiger partial charge in [0.1, 0.15) is 0 Å². The molecule has 1 rings (SSSR count). The molecule has 0 aromatic heterocycles. The van der Waals surface area contributed by atoms with Gasteiger partial charge in [-0.2, -0.15) is 0 Å². The first-order valence-corrected chi connectivity index (χ1v) is 5.11. The standard InChI is InChI=1S/C10H19NO2/c1-3-11(7-10(12)13)9-6-4-5-8(9)2/h8-9H,3-7H2,1-2H3,(H,12,13). The molecule has 2 atom stereocenters. The highest BCUT2D eigenvalue weighted by molar-refractivity contribution is 5.69. The maximum absolute atomic E-state index is 10.6. The number of carboxylic acids is 1. The molecule has 0 saturated heterocycles. The van der Waals surface area contributed by atoms with Crippen molar-refractivity contribution in [2.24, 2.45) is 5.92 Å². The molecule has 0 aliphatic heterocycles. The molecule has 76 valence electrons. The van der Waals surface area contributed by atoms with Crippen LogP contribution in [0.25, 0.3) is 0 Å². The molecule has 13 heavy (non-hydrogen) atoms. The summed E-state index contributed by atoms with van der Waals surface area (Å²) >= 11 is 0. The van der Waals surface area contributed by atoms with Gasteiger partial charge in [0.15, 0.2) is 0 Å². The summed E-state index contributed by atoms with van der Waals surface area (Å²) in [4.78, 5) is 12.7. The van der Waals surface area contributed by atoms with Gasteiger partial charge in [0.05, 0.1) is 6.54 Å². The zero-order valence-corrected chi connectivity index (χ0v) is 8.49. The summed E-state index contributed by atoms with van der Waals surface area (Å²) in [6, 6.07) is 0.501. The number of aliphatic carboxylic acids is 1. The quantitative estimate of drug-likeness (QED) is 0.723. The number of likely N-dealkylation sites (N-methyl/N-ethyl adjacent to an activating group) is 1. The van der Waals surface area contributed by atoms with Crippen LogP contribution in [-0.4, -0.2) is 35.1 Å².